The average Bonchev–Trinajstić information content (AvgIpc) is 2.48. The van der Waals surface area contributed by atoms with Crippen molar-refractivity contribution in [3.63, 3.8) is 0 Å². The van der Waals surface area contributed by atoms with Gasteiger partial charge >= 0.3 is 5.97 Å². The lowest BCUT2D eigenvalue weighted by molar-refractivity contribution is -0.118. The van der Waals surface area contributed by atoms with E-state index >= 15 is 0 Å². The Kier molecular flexibility index (Phi) is 5.41. The summed E-state index contributed by atoms with van der Waals surface area (Å²) in [6.07, 6.45) is 0. The molecule has 0 atom stereocenters. The molecule has 0 aromatic heterocycles. The third kappa shape index (κ3) is 4.22. The van der Waals surface area contributed by atoms with Crippen molar-refractivity contribution in [2.75, 3.05) is 11.9 Å². The Bertz CT molecular complexity index is 720. The van der Waals surface area contributed by atoms with Crippen LogP contribution in [0.2, 0.25) is 5.02 Å². The van der Waals surface area contributed by atoms with Crippen LogP contribution in [0.4, 0.5) is 5.69 Å². The lowest BCUT2D eigenvalue weighted by atomic mass is 10.2. The van der Waals surface area contributed by atoms with Crippen molar-refractivity contribution >= 4 is 45.1 Å². The lowest BCUT2D eigenvalue weighted by Crippen LogP contribution is -2.21. The summed E-state index contributed by atoms with van der Waals surface area (Å²) in [6, 6.07) is 11.3. The number of benzene rings is 2. The molecule has 2 rings (SSSR count). The number of ether oxygens (including phenoxy) is 1. The predicted molar refractivity (Wildman–Crippen MR) is 86.7 cm³/mol. The van der Waals surface area contributed by atoms with Crippen molar-refractivity contribution in [3.8, 4) is 5.75 Å². The van der Waals surface area contributed by atoms with Gasteiger partial charge < -0.3 is 15.2 Å². The van der Waals surface area contributed by atoms with Gasteiger partial charge in [-0.15, -0.1) is 0 Å². The van der Waals surface area contributed by atoms with Crippen LogP contribution in [0, 0.1) is 0 Å². The predicted octanol–water partition coefficient (Wildman–Crippen LogP) is 3.82. The first kappa shape index (κ1) is 16.3. The summed E-state index contributed by atoms with van der Waals surface area (Å²) in [5.41, 5.74) is 0.0827. The highest BCUT2D eigenvalue weighted by Crippen LogP contribution is 2.24. The minimum atomic E-state index is -1.18. The smallest absolute Gasteiger partial charge is 0.337 e. The number of carbonyl (C=O) groups excluding carboxylic acids is 1. The van der Waals surface area contributed by atoms with E-state index in [0.717, 1.165) is 4.47 Å². The summed E-state index contributed by atoms with van der Waals surface area (Å²) in [4.78, 5) is 23.0. The van der Waals surface area contributed by atoms with Crippen LogP contribution in [0.5, 0.6) is 5.75 Å². The Balaban J connectivity index is 2.04. The summed E-state index contributed by atoms with van der Waals surface area (Å²) in [5, 5.41) is 11.9. The van der Waals surface area contributed by atoms with Crippen LogP contribution in [0.1, 0.15) is 10.4 Å². The molecular weight excluding hydrogens is 374 g/mol. The summed E-state index contributed by atoms with van der Waals surface area (Å²) in [7, 11) is 0. The van der Waals surface area contributed by atoms with Gasteiger partial charge in [0.1, 0.15) is 5.75 Å². The molecule has 0 radical (unpaired) electrons. The van der Waals surface area contributed by atoms with Gasteiger partial charge in [-0.05, 0) is 46.3 Å². The van der Waals surface area contributed by atoms with Crippen LogP contribution in [0.25, 0.3) is 0 Å². The third-order valence-corrected chi connectivity index (χ3v) is 3.57. The highest BCUT2D eigenvalue weighted by molar-refractivity contribution is 9.10. The first-order valence-electron chi connectivity index (χ1n) is 6.17. The topological polar surface area (TPSA) is 75.6 Å². The number of anilines is 1. The van der Waals surface area contributed by atoms with Crippen molar-refractivity contribution < 1.29 is 19.4 Å². The number of halogens is 2. The number of amides is 1. The minimum absolute atomic E-state index is 0.0817. The van der Waals surface area contributed by atoms with Gasteiger partial charge in [0.25, 0.3) is 5.91 Å². The Morgan fingerprint density at radius 3 is 2.64 bits per heavy atom. The van der Waals surface area contributed by atoms with Crippen LogP contribution < -0.4 is 10.1 Å². The summed E-state index contributed by atoms with van der Waals surface area (Å²) in [5.74, 6) is -1.13. The number of carboxylic acid groups (broad SMARTS) is 1. The van der Waals surface area contributed by atoms with Gasteiger partial charge in [-0.25, -0.2) is 4.79 Å². The van der Waals surface area contributed by atoms with Gasteiger partial charge in [0.05, 0.1) is 15.7 Å². The second-order valence-electron chi connectivity index (χ2n) is 4.26. The molecule has 0 saturated carbocycles. The maximum absolute atomic E-state index is 11.9. The number of rotatable bonds is 5. The van der Waals surface area contributed by atoms with E-state index < -0.39 is 11.9 Å². The maximum Gasteiger partial charge on any atom is 0.337 e. The van der Waals surface area contributed by atoms with E-state index in [-0.39, 0.29) is 22.9 Å². The fourth-order valence-corrected chi connectivity index (χ4v) is 2.27. The molecule has 0 saturated heterocycles. The molecular formula is C15H11BrClNO4. The van der Waals surface area contributed by atoms with Crippen molar-refractivity contribution in [3.05, 3.63) is 57.5 Å². The van der Waals surface area contributed by atoms with E-state index in [1.165, 1.54) is 18.2 Å². The van der Waals surface area contributed by atoms with Crippen molar-refractivity contribution in [2.24, 2.45) is 0 Å². The normalized spacial score (nSPS) is 10.1. The van der Waals surface area contributed by atoms with Crippen LogP contribution in [-0.2, 0) is 4.79 Å². The molecule has 2 N–H and O–H groups in total. The molecule has 0 fully saturated rings. The average molecular weight is 385 g/mol. The first-order valence-corrected chi connectivity index (χ1v) is 7.34. The van der Waals surface area contributed by atoms with Gasteiger partial charge in [0.2, 0.25) is 0 Å². The van der Waals surface area contributed by atoms with Crippen LogP contribution in [0.15, 0.2) is 46.9 Å². The van der Waals surface area contributed by atoms with E-state index in [2.05, 4.69) is 21.2 Å². The number of aromatic carboxylic acids is 1. The van der Waals surface area contributed by atoms with Crippen LogP contribution in [0.3, 0.4) is 0 Å². The molecule has 2 aromatic rings. The van der Waals surface area contributed by atoms with Crippen LogP contribution in [-0.4, -0.2) is 23.6 Å². The van der Waals surface area contributed by atoms with E-state index in [1.807, 2.05) is 6.07 Å². The number of hydrogen-bond donors (Lipinski definition) is 2. The van der Waals surface area contributed by atoms with Crippen molar-refractivity contribution in [2.45, 2.75) is 0 Å². The first-order chi connectivity index (χ1) is 10.5. The molecule has 0 unspecified atom stereocenters. The van der Waals surface area contributed by atoms with Gasteiger partial charge in [0.15, 0.2) is 6.61 Å². The van der Waals surface area contributed by atoms with Gasteiger partial charge in [-0.3, -0.25) is 4.79 Å². The fourth-order valence-electron chi connectivity index (χ4n) is 1.69. The molecule has 22 heavy (non-hydrogen) atoms. The Labute approximate surface area is 140 Å². The van der Waals surface area contributed by atoms with E-state index in [1.54, 1.807) is 18.2 Å². The Hall–Kier alpha value is -2.05. The second kappa shape index (κ2) is 7.29. The summed E-state index contributed by atoms with van der Waals surface area (Å²) in [6.45, 7) is -0.246. The summed E-state index contributed by atoms with van der Waals surface area (Å²) < 4.78 is 6.09. The quantitative estimate of drug-likeness (QED) is 0.822. The SMILES string of the molecule is O=C(COc1ccccc1Br)Nc1ccc(Cl)cc1C(=O)O. The standard InChI is InChI=1S/C15H11BrClNO4/c16-11-3-1-2-4-13(11)22-8-14(19)18-12-6-5-9(17)7-10(12)15(20)21/h1-7H,8H2,(H,18,19)(H,20,21). The monoisotopic (exact) mass is 383 g/mol. The molecule has 5 nitrogen and oxygen atoms in total. The van der Waals surface area contributed by atoms with E-state index in [4.69, 9.17) is 21.4 Å². The Morgan fingerprint density at radius 2 is 1.95 bits per heavy atom. The molecule has 1 amide bonds. The zero-order valence-corrected chi connectivity index (χ0v) is 13.5. The zero-order chi connectivity index (χ0) is 16.1. The van der Waals surface area contributed by atoms with E-state index in [9.17, 15) is 9.59 Å². The molecule has 0 bridgehead atoms. The van der Waals surface area contributed by atoms with E-state index in [0.29, 0.717) is 5.75 Å². The van der Waals surface area contributed by atoms with Crippen molar-refractivity contribution in [1.82, 2.24) is 0 Å². The molecule has 2 aromatic carbocycles. The molecule has 0 spiro atoms. The molecule has 0 heterocycles. The zero-order valence-electron chi connectivity index (χ0n) is 11.2. The van der Waals surface area contributed by atoms with Gasteiger partial charge in [-0.1, -0.05) is 23.7 Å². The third-order valence-electron chi connectivity index (χ3n) is 2.68. The molecule has 114 valence electrons. The van der Waals surface area contributed by atoms with Crippen LogP contribution >= 0.6 is 27.5 Å². The number of nitrogens with one attached hydrogen (secondary N) is 1. The molecule has 0 aliphatic carbocycles. The second-order valence-corrected chi connectivity index (χ2v) is 5.55. The largest absolute Gasteiger partial charge is 0.483 e. The highest BCUT2D eigenvalue weighted by Gasteiger charge is 2.13. The minimum Gasteiger partial charge on any atom is -0.483 e. The highest BCUT2D eigenvalue weighted by atomic mass is 79.9. The lowest BCUT2D eigenvalue weighted by Gasteiger charge is -2.10. The summed E-state index contributed by atoms with van der Waals surface area (Å²) >= 11 is 9.05. The molecule has 0 aliphatic rings. The van der Waals surface area contributed by atoms with Gasteiger partial charge in [-0.2, -0.15) is 0 Å². The number of carbonyl (C=O) groups is 2. The maximum atomic E-state index is 11.9. The Morgan fingerprint density at radius 1 is 1.23 bits per heavy atom. The number of hydrogen-bond acceptors (Lipinski definition) is 3. The van der Waals surface area contributed by atoms with Gasteiger partial charge in [0, 0.05) is 5.02 Å². The number of para-hydroxylation sites is 1. The number of carboxylic acids is 1. The van der Waals surface area contributed by atoms with Crippen molar-refractivity contribution in [1.29, 1.82) is 0 Å². The fraction of sp³-hybridized carbons (Fsp3) is 0.0667. The molecule has 0 aliphatic heterocycles. The molecule has 7 heteroatoms.